The number of amides is 1. The SMILES string of the molecule is CN(C)CCN(Cc1cccnc1)C(=O)Cc1cccc2cccnc12. The maximum absolute atomic E-state index is 13.0. The lowest BCUT2D eigenvalue weighted by molar-refractivity contribution is -0.131. The molecular formula is C21H24N4O. The van der Waals surface area contributed by atoms with Gasteiger partial charge in [-0.15, -0.1) is 0 Å². The van der Waals surface area contributed by atoms with Crippen LogP contribution >= 0.6 is 0 Å². The van der Waals surface area contributed by atoms with E-state index in [1.807, 2.05) is 67.7 Å². The van der Waals surface area contributed by atoms with Crippen LogP contribution in [0.2, 0.25) is 0 Å². The lowest BCUT2D eigenvalue weighted by Gasteiger charge is -2.24. The van der Waals surface area contributed by atoms with Crippen LogP contribution in [0.3, 0.4) is 0 Å². The number of likely N-dealkylation sites (N-methyl/N-ethyl adjacent to an activating group) is 1. The lowest BCUT2D eigenvalue weighted by atomic mass is 10.1. The molecule has 0 radical (unpaired) electrons. The van der Waals surface area contributed by atoms with Crippen molar-refractivity contribution in [3.8, 4) is 0 Å². The molecular weight excluding hydrogens is 324 g/mol. The summed E-state index contributed by atoms with van der Waals surface area (Å²) < 4.78 is 0. The summed E-state index contributed by atoms with van der Waals surface area (Å²) in [5, 5.41) is 1.06. The zero-order valence-corrected chi connectivity index (χ0v) is 15.3. The number of pyridine rings is 2. The van der Waals surface area contributed by atoms with Gasteiger partial charge in [0.25, 0.3) is 0 Å². The standard InChI is InChI=1S/C21H24N4O/c1-24(2)12-13-25(16-17-6-4-10-22-15-17)20(26)14-19-8-3-7-18-9-5-11-23-21(18)19/h3-11,15H,12-14,16H2,1-2H3. The molecule has 2 aromatic heterocycles. The topological polar surface area (TPSA) is 49.3 Å². The van der Waals surface area contributed by atoms with E-state index in [0.29, 0.717) is 19.5 Å². The van der Waals surface area contributed by atoms with Crippen molar-refractivity contribution in [1.82, 2.24) is 19.8 Å². The molecule has 0 saturated carbocycles. The molecule has 26 heavy (non-hydrogen) atoms. The highest BCUT2D eigenvalue weighted by atomic mass is 16.2. The number of carbonyl (C=O) groups excluding carboxylic acids is 1. The molecule has 1 aromatic carbocycles. The van der Waals surface area contributed by atoms with Crippen LogP contribution in [0.25, 0.3) is 10.9 Å². The van der Waals surface area contributed by atoms with Crippen LogP contribution in [0.15, 0.2) is 61.1 Å². The van der Waals surface area contributed by atoms with Gasteiger partial charge in [-0.2, -0.15) is 0 Å². The third kappa shape index (κ3) is 4.64. The van der Waals surface area contributed by atoms with Crippen molar-refractivity contribution in [1.29, 1.82) is 0 Å². The second-order valence-corrected chi connectivity index (χ2v) is 6.65. The van der Waals surface area contributed by atoms with E-state index in [2.05, 4.69) is 14.9 Å². The molecule has 0 N–H and O–H groups in total. The van der Waals surface area contributed by atoms with E-state index >= 15 is 0 Å². The molecule has 3 aromatic rings. The number of benzene rings is 1. The van der Waals surface area contributed by atoms with Crippen molar-refractivity contribution >= 4 is 16.8 Å². The van der Waals surface area contributed by atoms with Gasteiger partial charge in [-0.25, -0.2) is 0 Å². The number of fused-ring (bicyclic) bond motifs is 1. The maximum Gasteiger partial charge on any atom is 0.227 e. The minimum atomic E-state index is 0.105. The smallest absolute Gasteiger partial charge is 0.227 e. The summed E-state index contributed by atoms with van der Waals surface area (Å²) in [5.41, 5.74) is 2.90. The van der Waals surface area contributed by atoms with Gasteiger partial charge in [0, 0.05) is 43.6 Å². The van der Waals surface area contributed by atoms with Gasteiger partial charge in [0.1, 0.15) is 0 Å². The number of rotatable bonds is 7. The number of carbonyl (C=O) groups is 1. The van der Waals surface area contributed by atoms with Crippen LogP contribution in [0.4, 0.5) is 0 Å². The average Bonchev–Trinajstić information content (AvgIpc) is 2.66. The molecule has 3 rings (SSSR count). The Hall–Kier alpha value is -2.79. The van der Waals surface area contributed by atoms with E-state index in [1.54, 1.807) is 12.4 Å². The molecule has 134 valence electrons. The summed E-state index contributed by atoms with van der Waals surface area (Å²) in [6.07, 6.45) is 5.68. The predicted octanol–water partition coefficient (Wildman–Crippen LogP) is 2.76. The first kappa shape index (κ1) is 18.0. The van der Waals surface area contributed by atoms with Gasteiger partial charge in [-0.05, 0) is 37.4 Å². The van der Waals surface area contributed by atoms with Gasteiger partial charge in [-0.3, -0.25) is 14.8 Å². The van der Waals surface area contributed by atoms with Crippen molar-refractivity contribution in [3.05, 3.63) is 72.2 Å². The average molecular weight is 348 g/mol. The first-order chi connectivity index (χ1) is 12.6. The fourth-order valence-electron chi connectivity index (χ4n) is 2.91. The Kier molecular flexibility index (Phi) is 5.92. The van der Waals surface area contributed by atoms with Crippen LogP contribution in [0.1, 0.15) is 11.1 Å². The summed E-state index contributed by atoms with van der Waals surface area (Å²) in [4.78, 5) is 25.6. The Labute approximate surface area is 154 Å². The summed E-state index contributed by atoms with van der Waals surface area (Å²) >= 11 is 0. The first-order valence-electron chi connectivity index (χ1n) is 8.77. The Morgan fingerprint density at radius 2 is 1.81 bits per heavy atom. The Balaban J connectivity index is 1.79. The van der Waals surface area contributed by atoms with E-state index < -0.39 is 0 Å². The summed E-state index contributed by atoms with van der Waals surface area (Å²) in [5.74, 6) is 0.105. The molecule has 2 heterocycles. The summed E-state index contributed by atoms with van der Waals surface area (Å²) in [6, 6.07) is 13.8. The van der Waals surface area contributed by atoms with Crippen LogP contribution in [0.5, 0.6) is 0 Å². The minimum absolute atomic E-state index is 0.105. The highest BCUT2D eigenvalue weighted by Crippen LogP contribution is 2.17. The second kappa shape index (κ2) is 8.54. The van der Waals surface area contributed by atoms with Gasteiger partial charge in [0.15, 0.2) is 0 Å². The number of para-hydroxylation sites is 1. The van der Waals surface area contributed by atoms with E-state index in [9.17, 15) is 4.79 Å². The van der Waals surface area contributed by atoms with Crippen molar-refractivity contribution < 1.29 is 4.79 Å². The van der Waals surface area contributed by atoms with E-state index in [-0.39, 0.29) is 5.91 Å². The number of nitrogens with zero attached hydrogens (tertiary/aromatic N) is 4. The van der Waals surface area contributed by atoms with Crippen LogP contribution in [-0.4, -0.2) is 52.9 Å². The number of hydrogen-bond donors (Lipinski definition) is 0. The fraction of sp³-hybridized carbons (Fsp3) is 0.286. The summed E-state index contributed by atoms with van der Waals surface area (Å²) in [6.45, 7) is 2.07. The zero-order valence-electron chi connectivity index (χ0n) is 15.3. The molecule has 0 fully saturated rings. The fourth-order valence-corrected chi connectivity index (χ4v) is 2.91. The van der Waals surface area contributed by atoms with Gasteiger partial charge in [-0.1, -0.05) is 30.3 Å². The third-order valence-electron chi connectivity index (χ3n) is 4.32. The number of hydrogen-bond acceptors (Lipinski definition) is 4. The Morgan fingerprint density at radius 1 is 1.00 bits per heavy atom. The van der Waals surface area contributed by atoms with Crippen molar-refractivity contribution in [2.75, 3.05) is 27.2 Å². The normalized spacial score (nSPS) is 11.0. The Morgan fingerprint density at radius 3 is 2.58 bits per heavy atom. The molecule has 5 nitrogen and oxygen atoms in total. The molecule has 0 aliphatic heterocycles. The largest absolute Gasteiger partial charge is 0.337 e. The van der Waals surface area contributed by atoms with Crippen molar-refractivity contribution in [2.24, 2.45) is 0 Å². The van der Waals surface area contributed by atoms with Crippen LogP contribution in [-0.2, 0) is 17.8 Å². The van der Waals surface area contributed by atoms with Crippen LogP contribution < -0.4 is 0 Å². The molecule has 0 aliphatic rings. The third-order valence-corrected chi connectivity index (χ3v) is 4.32. The quantitative estimate of drug-likeness (QED) is 0.659. The molecule has 0 unspecified atom stereocenters. The molecule has 0 spiro atoms. The molecule has 0 aliphatic carbocycles. The molecule has 0 atom stereocenters. The number of aromatic nitrogens is 2. The van der Waals surface area contributed by atoms with E-state index in [0.717, 1.165) is 28.6 Å². The van der Waals surface area contributed by atoms with E-state index in [1.165, 1.54) is 0 Å². The van der Waals surface area contributed by atoms with Gasteiger partial charge in [0.2, 0.25) is 5.91 Å². The molecule has 1 amide bonds. The second-order valence-electron chi connectivity index (χ2n) is 6.65. The zero-order chi connectivity index (χ0) is 18.4. The van der Waals surface area contributed by atoms with Gasteiger partial charge >= 0.3 is 0 Å². The minimum Gasteiger partial charge on any atom is -0.337 e. The lowest BCUT2D eigenvalue weighted by Crippen LogP contribution is -2.37. The monoisotopic (exact) mass is 348 g/mol. The molecule has 5 heteroatoms. The van der Waals surface area contributed by atoms with Gasteiger partial charge in [0.05, 0.1) is 11.9 Å². The summed E-state index contributed by atoms with van der Waals surface area (Å²) in [7, 11) is 4.03. The molecule has 0 bridgehead atoms. The highest BCUT2D eigenvalue weighted by Gasteiger charge is 2.16. The molecule has 0 saturated heterocycles. The van der Waals surface area contributed by atoms with Gasteiger partial charge < -0.3 is 9.80 Å². The Bertz CT molecular complexity index is 859. The predicted molar refractivity (Wildman–Crippen MR) is 104 cm³/mol. The van der Waals surface area contributed by atoms with Crippen LogP contribution in [0, 0.1) is 0 Å². The van der Waals surface area contributed by atoms with Crippen molar-refractivity contribution in [3.63, 3.8) is 0 Å². The van der Waals surface area contributed by atoms with E-state index in [4.69, 9.17) is 0 Å². The maximum atomic E-state index is 13.0. The van der Waals surface area contributed by atoms with Crippen molar-refractivity contribution in [2.45, 2.75) is 13.0 Å². The highest BCUT2D eigenvalue weighted by molar-refractivity contribution is 5.87. The first-order valence-corrected chi connectivity index (χ1v) is 8.77.